The van der Waals surface area contributed by atoms with E-state index in [0.29, 0.717) is 0 Å². The van der Waals surface area contributed by atoms with E-state index in [4.69, 9.17) is 5.26 Å². The first kappa shape index (κ1) is 10.8. The molecular formula is C8H16N2S. The maximum absolute atomic E-state index is 8.56. The Labute approximate surface area is 73.6 Å². The predicted molar refractivity (Wildman–Crippen MR) is 50.7 cm³/mol. The highest BCUT2D eigenvalue weighted by Gasteiger charge is 2.05. The molecule has 0 saturated heterocycles. The molecule has 0 bridgehead atoms. The summed E-state index contributed by atoms with van der Waals surface area (Å²) in [6.07, 6.45) is 3.28. The van der Waals surface area contributed by atoms with Gasteiger partial charge in [0.05, 0.1) is 12.1 Å². The number of nitrogens with zero attached hydrogens (tertiary/aromatic N) is 2. The SMILES string of the molecule is CSCCCN(C)C(C)C#N. The number of thioether (sulfide) groups is 1. The van der Waals surface area contributed by atoms with Gasteiger partial charge in [0, 0.05) is 0 Å². The molecule has 0 N–H and O–H groups in total. The third-order valence-electron chi connectivity index (χ3n) is 1.71. The number of hydrogen-bond donors (Lipinski definition) is 0. The summed E-state index contributed by atoms with van der Waals surface area (Å²) in [7, 11) is 1.99. The first-order chi connectivity index (χ1) is 5.22. The van der Waals surface area contributed by atoms with Crippen molar-refractivity contribution in [1.29, 1.82) is 5.26 Å². The molecule has 0 rings (SSSR count). The first-order valence-electron chi connectivity index (χ1n) is 3.81. The minimum absolute atomic E-state index is 0.0526. The van der Waals surface area contributed by atoms with E-state index in [1.54, 1.807) is 0 Å². The monoisotopic (exact) mass is 172 g/mol. The second-order valence-electron chi connectivity index (χ2n) is 2.63. The van der Waals surface area contributed by atoms with Gasteiger partial charge in [-0.1, -0.05) is 0 Å². The highest BCUT2D eigenvalue weighted by Crippen LogP contribution is 1.99. The van der Waals surface area contributed by atoms with Crippen molar-refractivity contribution < 1.29 is 0 Å². The van der Waals surface area contributed by atoms with Crippen LogP contribution < -0.4 is 0 Å². The maximum Gasteiger partial charge on any atom is 0.0946 e. The van der Waals surface area contributed by atoms with E-state index in [1.807, 2.05) is 25.7 Å². The highest BCUT2D eigenvalue weighted by molar-refractivity contribution is 7.98. The Morgan fingerprint density at radius 3 is 2.73 bits per heavy atom. The molecule has 0 spiro atoms. The Balaban J connectivity index is 3.37. The maximum atomic E-state index is 8.56. The van der Waals surface area contributed by atoms with Gasteiger partial charge in [0.25, 0.3) is 0 Å². The molecule has 2 nitrogen and oxygen atoms in total. The zero-order valence-corrected chi connectivity index (χ0v) is 8.32. The lowest BCUT2D eigenvalue weighted by atomic mass is 10.3. The molecule has 0 aromatic carbocycles. The number of hydrogen-bond acceptors (Lipinski definition) is 3. The smallest absolute Gasteiger partial charge is 0.0946 e. The summed E-state index contributed by atoms with van der Waals surface area (Å²) in [5, 5.41) is 8.56. The van der Waals surface area contributed by atoms with E-state index in [9.17, 15) is 0 Å². The zero-order valence-electron chi connectivity index (χ0n) is 7.50. The average Bonchev–Trinajstić information content (AvgIpc) is 2.03. The minimum atomic E-state index is 0.0526. The first-order valence-corrected chi connectivity index (χ1v) is 5.20. The Morgan fingerprint density at radius 2 is 2.27 bits per heavy atom. The van der Waals surface area contributed by atoms with Gasteiger partial charge in [0.2, 0.25) is 0 Å². The summed E-state index contributed by atoms with van der Waals surface area (Å²) in [4.78, 5) is 2.08. The van der Waals surface area contributed by atoms with Gasteiger partial charge in [-0.05, 0) is 38.9 Å². The van der Waals surface area contributed by atoms with Crippen molar-refractivity contribution in [2.24, 2.45) is 0 Å². The molecule has 0 radical (unpaired) electrons. The molecule has 1 atom stereocenters. The van der Waals surface area contributed by atoms with E-state index >= 15 is 0 Å². The fourth-order valence-corrected chi connectivity index (χ4v) is 1.17. The Bertz CT molecular complexity index is 131. The molecule has 0 aromatic rings. The Hall–Kier alpha value is -0.200. The number of rotatable bonds is 5. The average molecular weight is 172 g/mol. The summed E-state index contributed by atoms with van der Waals surface area (Å²) in [6, 6.07) is 2.26. The summed E-state index contributed by atoms with van der Waals surface area (Å²) < 4.78 is 0. The lowest BCUT2D eigenvalue weighted by Crippen LogP contribution is -2.28. The zero-order chi connectivity index (χ0) is 8.69. The van der Waals surface area contributed by atoms with Gasteiger partial charge in [0.15, 0.2) is 0 Å². The molecule has 3 heteroatoms. The van der Waals surface area contributed by atoms with E-state index in [-0.39, 0.29) is 6.04 Å². The molecule has 11 heavy (non-hydrogen) atoms. The minimum Gasteiger partial charge on any atom is -0.291 e. The normalized spacial score (nSPS) is 13.0. The predicted octanol–water partition coefficient (Wildman–Crippen LogP) is 1.58. The van der Waals surface area contributed by atoms with Gasteiger partial charge in [-0.3, -0.25) is 4.90 Å². The molecule has 0 heterocycles. The van der Waals surface area contributed by atoms with Crippen molar-refractivity contribution in [1.82, 2.24) is 4.90 Å². The van der Waals surface area contributed by atoms with Crippen LogP contribution >= 0.6 is 11.8 Å². The second-order valence-corrected chi connectivity index (χ2v) is 3.62. The standard InChI is InChI=1S/C8H16N2S/c1-8(7-9)10(2)5-4-6-11-3/h8H,4-6H2,1-3H3. The fourth-order valence-electron chi connectivity index (χ4n) is 0.750. The molecule has 0 aliphatic carbocycles. The molecule has 0 aromatic heterocycles. The topological polar surface area (TPSA) is 27.0 Å². The molecule has 0 amide bonds. The van der Waals surface area contributed by atoms with Crippen molar-refractivity contribution in [2.45, 2.75) is 19.4 Å². The van der Waals surface area contributed by atoms with E-state index in [1.165, 1.54) is 12.2 Å². The van der Waals surface area contributed by atoms with Gasteiger partial charge >= 0.3 is 0 Å². The van der Waals surface area contributed by atoms with E-state index in [2.05, 4.69) is 17.2 Å². The third kappa shape index (κ3) is 5.11. The lowest BCUT2D eigenvalue weighted by molar-refractivity contribution is 0.304. The van der Waals surface area contributed by atoms with Gasteiger partial charge in [-0.15, -0.1) is 0 Å². The van der Waals surface area contributed by atoms with Crippen molar-refractivity contribution in [2.75, 3.05) is 25.6 Å². The van der Waals surface area contributed by atoms with Crippen LogP contribution in [-0.2, 0) is 0 Å². The summed E-state index contributed by atoms with van der Waals surface area (Å²) in [5.74, 6) is 1.18. The molecule has 0 fully saturated rings. The van der Waals surface area contributed by atoms with Crippen LogP contribution in [-0.4, -0.2) is 36.5 Å². The Kier molecular flexibility index (Phi) is 6.39. The van der Waals surface area contributed by atoms with Crippen molar-refractivity contribution >= 4 is 11.8 Å². The van der Waals surface area contributed by atoms with Crippen LogP contribution in [0.3, 0.4) is 0 Å². The largest absolute Gasteiger partial charge is 0.291 e. The van der Waals surface area contributed by atoms with Gasteiger partial charge in [-0.2, -0.15) is 17.0 Å². The van der Waals surface area contributed by atoms with Crippen molar-refractivity contribution in [3.8, 4) is 6.07 Å². The quantitative estimate of drug-likeness (QED) is 0.589. The van der Waals surface area contributed by atoms with Crippen molar-refractivity contribution in [3.05, 3.63) is 0 Å². The van der Waals surface area contributed by atoms with Crippen molar-refractivity contribution in [3.63, 3.8) is 0 Å². The molecule has 64 valence electrons. The van der Waals surface area contributed by atoms with Crippen LogP contribution in [0.4, 0.5) is 0 Å². The van der Waals surface area contributed by atoms with Crippen LogP contribution in [0, 0.1) is 11.3 Å². The van der Waals surface area contributed by atoms with Gasteiger partial charge < -0.3 is 0 Å². The summed E-state index contributed by atoms with van der Waals surface area (Å²) in [6.45, 7) is 2.95. The highest BCUT2D eigenvalue weighted by atomic mass is 32.2. The summed E-state index contributed by atoms with van der Waals surface area (Å²) >= 11 is 1.85. The molecule has 0 aliphatic rings. The molecule has 0 aliphatic heterocycles. The fraction of sp³-hybridized carbons (Fsp3) is 0.875. The van der Waals surface area contributed by atoms with Gasteiger partial charge in [0.1, 0.15) is 0 Å². The lowest BCUT2D eigenvalue weighted by Gasteiger charge is -2.17. The van der Waals surface area contributed by atoms with E-state index in [0.717, 1.165) is 6.54 Å². The van der Waals surface area contributed by atoms with Crippen LogP contribution in [0.5, 0.6) is 0 Å². The van der Waals surface area contributed by atoms with Crippen LogP contribution in [0.1, 0.15) is 13.3 Å². The van der Waals surface area contributed by atoms with Crippen LogP contribution in [0.25, 0.3) is 0 Å². The second kappa shape index (κ2) is 6.51. The van der Waals surface area contributed by atoms with Crippen LogP contribution in [0.2, 0.25) is 0 Å². The molecular weight excluding hydrogens is 156 g/mol. The van der Waals surface area contributed by atoms with E-state index < -0.39 is 0 Å². The van der Waals surface area contributed by atoms with Gasteiger partial charge in [-0.25, -0.2) is 0 Å². The molecule has 0 saturated carbocycles. The summed E-state index contributed by atoms with van der Waals surface area (Å²) in [5.41, 5.74) is 0. The number of nitriles is 1. The Morgan fingerprint density at radius 1 is 1.64 bits per heavy atom. The van der Waals surface area contributed by atoms with Crippen LogP contribution in [0.15, 0.2) is 0 Å². The molecule has 1 unspecified atom stereocenters. The third-order valence-corrected chi connectivity index (χ3v) is 2.40.